The first kappa shape index (κ1) is 15.5. The van der Waals surface area contributed by atoms with Crippen molar-refractivity contribution in [3.8, 4) is 0 Å². The molecule has 1 saturated carbocycles. The fourth-order valence-corrected chi connectivity index (χ4v) is 3.33. The molecule has 0 bridgehead atoms. The van der Waals surface area contributed by atoms with Crippen molar-refractivity contribution < 1.29 is 5.11 Å². The molecule has 0 spiro atoms. The molecule has 2 N–H and O–H groups in total. The van der Waals surface area contributed by atoms with Crippen LogP contribution in [-0.2, 0) is 0 Å². The van der Waals surface area contributed by atoms with Gasteiger partial charge in [0.25, 0.3) is 0 Å². The average molecular weight is 276 g/mol. The first-order valence-corrected chi connectivity index (χ1v) is 7.92. The number of hydrogen-bond acceptors (Lipinski definition) is 3. The molecule has 112 valence electrons. The average Bonchev–Trinajstić information content (AvgIpc) is 3.02. The van der Waals surface area contributed by atoms with Crippen LogP contribution in [0.3, 0.4) is 0 Å². The summed E-state index contributed by atoms with van der Waals surface area (Å²) in [5.41, 5.74) is 1.35. The molecular formula is C17H28N2O. The van der Waals surface area contributed by atoms with Gasteiger partial charge in [-0.2, -0.15) is 0 Å². The predicted molar refractivity (Wildman–Crippen MR) is 83.8 cm³/mol. The smallest absolute Gasteiger partial charge is 0.0558 e. The van der Waals surface area contributed by atoms with Gasteiger partial charge >= 0.3 is 0 Å². The molecule has 3 nitrogen and oxygen atoms in total. The molecule has 0 heterocycles. The van der Waals surface area contributed by atoms with Crippen molar-refractivity contribution in [3.63, 3.8) is 0 Å². The highest BCUT2D eigenvalue weighted by Crippen LogP contribution is 2.25. The molecule has 1 fully saturated rings. The molecule has 1 aliphatic rings. The van der Waals surface area contributed by atoms with E-state index in [9.17, 15) is 5.11 Å². The Morgan fingerprint density at radius 1 is 1.20 bits per heavy atom. The van der Waals surface area contributed by atoms with Crippen molar-refractivity contribution in [1.29, 1.82) is 0 Å². The van der Waals surface area contributed by atoms with E-state index in [-0.39, 0.29) is 6.61 Å². The van der Waals surface area contributed by atoms with Crippen LogP contribution in [0.2, 0.25) is 0 Å². The number of aliphatic hydroxyl groups is 1. The largest absolute Gasteiger partial charge is 0.395 e. The maximum absolute atomic E-state index is 9.28. The van der Waals surface area contributed by atoms with Crippen LogP contribution < -0.4 is 5.32 Å². The summed E-state index contributed by atoms with van der Waals surface area (Å²) >= 11 is 0. The Morgan fingerprint density at radius 2 is 1.90 bits per heavy atom. The summed E-state index contributed by atoms with van der Waals surface area (Å²) in [6.45, 7) is 2.15. The number of nitrogens with one attached hydrogen (secondary N) is 1. The van der Waals surface area contributed by atoms with Gasteiger partial charge in [0.1, 0.15) is 0 Å². The van der Waals surface area contributed by atoms with Gasteiger partial charge < -0.3 is 10.4 Å². The predicted octanol–water partition coefficient (Wildman–Crippen LogP) is 2.57. The van der Waals surface area contributed by atoms with Gasteiger partial charge in [0, 0.05) is 25.2 Å². The molecular weight excluding hydrogens is 248 g/mol. The number of benzene rings is 1. The van der Waals surface area contributed by atoms with Crippen molar-refractivity contribution in [2.45, 2.75) is 44.2 Å². The van der Waals surface area contributed by atoms with Gasteiger partial charge in [-0.15, -0.1) is 0 Å². The molecule has 0 radical (unpaired) electrons. The van der Waals surface area contributed by atoms with E-state index in [1.54, 1.807) is 0 Å². The highest BCUT2D eigenvalue weighted by molar-refractivity contribution is 5.18. The summed E-state index contributed by atoms with van der Waals surface area (Å²) in [6.07, 6.45) is 6.39. The number of nitrogens with zero attached hydrogens (tertiary/aromatic N) is 1. The number of rotatable bonds is 8. The fraction of sp³-hybridized carbons (Fsp3) is 0.647. The molecule has 0 aromatic heterocycles. The SMILES string of the molecule is CNC(CCN(CCO)C1CCCC1)c1ccccc1. The van der Waals surface area contributed by atoms with E-state index in [1.165, 1.54) is 31.2 Å². The topological polar surface area (TPSA) is 35.5 Å². The Balaban J connectivity index is 1.89. The summed E-state index contributed by atoms with van der Waals surface area (Å²) in [4.78, 5) is 2.49. The Labute approximate surface area is 123 Å². The number of aliphatic hydroxyl groups excluding tert-OH is 1. The highest BCUT2D eigenvalue weighted by atomic mass is 16.3. The quantitative estimate of drug-likeness (QED) is 0.766. The second-order valence-electron chi connectivity index (χ2n) is 5.74. The van der Waals surface area contributed by atoms with E-state index >= 15 is 0 Å². The van der Waals surface area contributed by atoms with Crippen LogP contribution in [0, 0.1) is 0 Å². The lowest BCUT2D eigenvalue weighted by Crippen LogP contribution is -2.37. The monoisotopic (exact) mass is 276 g/mol. The van der Waals surface area contributed by atoms with Gasteiger partial charge in [0.15, 0.2) is 0 Å². The lowest BCUT2D eigenvalue weighted by molar-refractivity contribution is 0.146. The second-order valence-corrected chi connectivity index (χ2v) is 5.74. The van der Waals surface area contributed by atoms with Crippen molar-refractivity contribution >= 4 is 0 Å². The van der Waals surface area contributed by atoms with Gasteiger partial charge in [-0.05, 0) is 31.9 Å². The van der Waals surface area contributed by atoms with Crippen molar-refractivity contribution in [1.82, 2.24) is 10.2 Å². The second kappa shape index (κ2) is 8.40. The Morgan fingerprint density at radius 3 is 2.50 bits per heavy atom. The first-order valence-electron chi connectivity index (χ1n) is 7.92. The Hall–Kier alpha value is -0.900. The van der Waals surface area contributed by atoms with E-state index in [1.807, 2.05) is 7.05 Å². The summed E-state index contributed by atoms with van der Waals surface area (Å²) in [7, 11) is 2.03. The molecule has 20 heavy (non-hydrogen) atoms. The van der Waals surface area contributed by atoms with Crippen LogP contribution in [0.25, 0.3) is 0 Å². The van der Waals surface area contributed by atoms with E-state index in [0.717, 1.165) is 19.5 Å². The zero-order valence-corrected chi connectivity index (χ0v) is 12.6. The summed E-state index contributed by atoms with van der Waals surface area (Å²) in [6, 6.07) is 11.7. The van der Waals surface area contributed by atoms with E-state index < -0.39 is 0 Å². The molecule has 0 saturated heterocycles. The van der Waals surface area contributed by atoms with E-state index in [4.69, 9.17) is 0 Å². The summed E-state index contributed by atoms with van der Waals surface area (Å²) in [5.74, 6) is 0. The zero-order valence-electron chi connectivity index (χ0n) is 12.6. The van der Waals surface area contributed by atoms with Crippen molar-refractivity contribution in [3.05, 3.63) is 35.9 Å². The minimum absolute atomic E-state index is 0.270. The maximum Gasteiger partial charge on any atom is 0.0558 e. The minimum Gasteiger partial charge on any atom is -0.395 e. The Kier molecular flexibility index (Phi) is 6.51. The van der Waals surface area contributed by atoms with Gasteiger partial charge in [0.05, 0.1) is 6.61 Å². The van der Waals surface area contributed by atoms with Crippen LogP contribution in [-0.4, -0.2) is 42.8 Å². The van der Waals surface area contributed by atoms with Gasteiger partial charge in [0.2, 0.25) is 0 Å². The zero-order chi connectivity index (χ0) is 14.2. The van der Waals surface area contributed by atoms with Gasteiger partial charge in [-0.1, -0.05) is 43.2 Å². The molecule has 1 aromatic carbocycles. The van der Waals surface area contributed by atoms with Gasteiger partial charge in [-0.25, -0.2) is 0 Å². The maximum atomic E-state index is 9.28. The van der Waals surface area contributed by atoms with Crippen LogP contribution >= 0.6 is 0 Å². The van der Waals surface area contributed by atoms with E-state index in [2.05, 4.69) is 40.5 Å². The fourth-order valence-electron chi connectivity index (χ4n) is 3.33. The molecule has 3 heteroatoms. The molecule has 2 rings (SSSR count). The third kappa shape index (κ3) is 4.30. The lowest BCUT2D eigenvalue weighted by atomic mass is 10.0. The lowest BCUT2D eigenvalue weighted by Gasteiger charge is -2.30. The van der Waals surface area contributed by atoms with Crippen molar-refractivity contribution in [2.75, 3.05) is 26.7 Å². The normalized spacial score (nSPS) is 17.8. The Bertz CT molecular complexity index is 363. The standard InChI is InChI=1S/C17H28N2O/c1-18-17(15-7-3-2-4-8-15)11-12-19(13-14-20)16-9-5-6-10-16/h2-4,7-8,16-18,20H,5-6,9-14H2,1H3. The van der Waals surface area contributed by atoms with Crippen LogP contribution in [0.4, 0.5) is 0 Å². The van der Waals surface area contributed by atoms with Gasteiger partial charge in [-0.3, -0.25) is 4.90 Å². The molecule has 1 unspecified atom stereocenters. The highest BCUT2D eigenvalue weighted by Gasteiger charge is 2.22. The van der Waals surface area contributed by atoms with E-state index in [0.29, 0.717) is 12.1 Å². The molecule has 1 atom stereocenters. The third-order valence-electron chi connectivity index (χ3n) is 4.48. The minimum atomic E-state index is 0.270. The van der Waals surface area contributed by atoms with Crippen LogP contribution in [0.15, 0.2) is 30.3 Å². The summed E-state index contributed by atoms with van der Waals surface area (Å²) in [5, 5.41) is 12.7. The van der Waals surface area contributed by atoms with Crippen LogP contribution in [0.5, 0.6) is 0 Å². The van der Waals surface area contributed by atoms with Crippen LogP contribution in [0.1, 0.15) is 43.7 Å². The molecule has 0 amide bonds. The molecule has 0 aliphatic heterocycles. The summed E-state index contributed by atoms with van der Waals surface area (Å²) < 4.78 is 0. The third-order valence-corrected chi connectivity index (χ3v) is 4.48. The molecule has 1 aliphatic carbocycles. The molecule has 1 aromatic rings. The van der Waals surface area contributed by atoms with Crippen molar-refractivity contribution in [2.24, 2.45) is 0 Å². The number of hydrogen-bond donors (Lipinski definition) is 2. The first-order chi connectivity index (χ1) is 9.85.